The summed E-state index contributed by atoms with van der Waals surface area (Å²) in [6.07, 6.45) is 0. The highest BCUT2D eigenvalue weighted by atomic mass is 32.2. The third-order valence-corrected chi connectivity index (χ3v) is 10.4. The van der Waals surface area contributed by atoms with Crippen LogP contribution in [-0.2, 0) is 29.5 Å². The van der Waals surface area contributed by atoms with Crippen LogP contribution >= 0.6 is 0 Å². The molecule has 0 aromatic heterocycles. The minimum atomic E-state index is -4.17. The molecule has 2 fully saturated rings. The molecule has 2 saturated heterocycles. The summed E-state index contributed by atoms with van der Waals surface area (Å²) in [6, 6.07) is 13.9. The fraction of sp³-hybridized carbons (Fsp3) is 0.321. The van der Waals surface area contributed by atoms with E-state index in [1.807, 2.05) is 4.90 Å². The molecule has 0 spiro atoms. The number of nitrogens with zero attached hydrogens (tertiary/aromatic N) is 2. The van der Waals surface area contributed by atoms with Crippen LogP contribution in [0.25, 0.3) is 0 Å². The molecule has 0 aliphatic carbocycles. The van der Waals surface area contributed by atoms with Crippen LogP contribution in [0.5, 0.6) is 0 Å². The Labute approximate surface area is 244 Å². The molecule has 5 rings (SSSR count). The molecule has 0 bridgehead atoms. The number of hydrogen-bond acceptors (Lipinski definition) is 8. The normalized spacial score (nSPS) is 16.7. The summed E-state index contributed by atoms with van der Waals surface area (Å²) in [7, 11) is -8.03. The smallest absolute Gasteiger partial charge is 0.262 e. The number of amides is 1. The molecule has 2 N–H and O–H groups in total. The lowest BCUT2D eigenvalue weighted by atomic mass is 10.1. The maximum Gasteiger partial charge on any atom is 0.262 e. The molecule has 2 aliphatic heterocycles. The van der Waals surface area contributed by atoms with Crippen molar-refractivity contribution in [3.05, 3.63) is 77.6 Å². The van der Waals surface area contributed by atoms with Crippen molar-refractivity contribution >= 4 is 43.0 Å². The van der Waals surface area contributed by atoms with Gasteiger partial charge in [-0.25, -0.2) is 21.2 Å². The number of para-hydroxylation sites is 1. The quantitative estimate of drug-likeness (QED) is 0.394. The van der Waals surface area contributed by atoms with Gasteiger partial charge in [0.25, 0.3) is 15.9 Å². The Hall–Kier alpha value is -3.56. The lowest BCUT2D eigenvalue weighted by molar-refractivity contribution is 0.0730. The molecule has 224 valence electrons. The van der Waals surface area contributed by atoms with Crippen LogP contribution in [-0.4, -0.2) is 79.7 Å². The number of benzene rings is 3. The summed E-state index contributed by atoms with van der Waals surface area (Å²) in [6.45, 7) is 4.49. The number of carbonyl (C=O) groups is 1. The first-order valence-corrected chi connectivity index (χ1v) is 16.2. The van der Waals surface area contributed by atoms with Gasteiger partial charge in [-0.2, -0.15) is 4.31 Å². The van der Waals surface area contributed by atoms with Gasteiger partial charge in [0.15, 0.2) is 0 Å². The molecule has 14 heteroatoms. The number of aryl methyl sites for hydroxylation is 1. The average Bonchev–Trinajstić information content (AvgIpc) is 2.98. The molecular weight excluding hydrogens is 587 g/mol. The largest absolute Gasteiger partial charge is 0.379 e. The predicted octanol–water partition coefficient (Wildman–Crippen LogP) is 3.04. The van der Waals surface area contributed by atoms with Crippen LogP contribution in [0.3, 0.4) is 0 Å². The summed E-state index contributed by atoms with van der Waals surface area (Å²) < 4.78 is 81.3. The minimum Gasteiger partial charge on any atom is -0.379 e. The molecule has 0 saturated carbocycles. The molecule has 0 radical (unpaired) electrons. The lowest BCUT2D eigenvalue weighted by Gasteiger charge is -2.31. The molecule has 1 amide bonds. The highest BCUT2D eigenvalue weighted by Gasteiger charge is 2.29. The third kappa shape index (κ3) is 6.42. The number of nitrogens with one attached hydrogen (secondary N) is 2. The number of ether oxygens (including phenoxy) is 2. The van der Waals surface area contributed by atoms with Gasteiger partial charge in [0, 0.05) is 26.2 Å². The summed E-state index contributed by atoms with van der Waals surface area (Å²) in [4.78, 5) is 15.5. The van der Waals surface area contributed by atoms with Crippen molar-refractivity contribution in [3.63, 3.8) is 0 Å². The van der Waals surface area contributed by atoms with Gasteiger partial charge < -0.3 is 19.7 Å². The second-order valence-electron chi connectivity index (χ2n) is 9.81. The molecule has 2 aliphatic rings. The SMILES string of the molecule is Cc1cc(F)ccc1S(=O)(=O)Nc1ccccc1C(=O)Nc1cc(S(=O)(=O)N2CCOCC2)ccc1N1CCOCC1. The average molecular weight is 619 g/mol. The third-order valence-electron chi connectivity index (χ3n) is 7.02. The van der Waals surface area contributed by atoms with Gasteiger partial charge in [0.1, 0.15) is 5.82 Å². The zero-order valence-corrected chi connectivity index (χ0v) is 24.5. The van der Waals surface area contributed by atoms with Crippen LogP contribution < -0.4 is 14.9 Å². The van der Waals surface area contributed by atoms with Crippen LogP contribution in [0, 0.1) is 12.7 Å². The molecular formula is C28H31FN4O7S2. The first-order chi connectivity index (χ1) is 20.1. The number of carbonyl (C=O) groups excluding carboxylic acids is 1. The Balaban J connectivity index is 1.48. The molecule has 3 aromatic rings. The standard InChI is InChI=1S/C28H31FN4O7S2/c1-20-18-21(29)6-9-27(20)41(35,36)31-24-5-3-2-4-23(24)28(34)30-25-19-22(42(37,38)33-12-16-40-17-13-33)7-8-26(25)32-10-14-39-15-11-32/h2-9,18-19,31H,10-17H2,1H3,(H,30,34). The van der Waals surface area contributed by atoms with E-state index in [2.05, 4.69) is 10.0 Å². The van der Waals surface area contributed by atoms with Crippen LogP contribution in [0.4, 0.5) is 21.5 Å². The number of rotatable bonds is 8. The second-order valence-corrected chi connectivity index (χ2v) is 13.4. The van der Waals surface area contributed by atoms with Crippen molar-refractivity contribution in [3.8, 4) is 0 Å². The number of halogens is 1. The zero-order valence-electron chi connectivity index (χ0n) is 22.9. The van der Waals surface area contributed by atoms with E-state index in [9.17, 15) is 26.0 Å². The van der Waals surface area contributed by atoms with Gasteiger partial charge in [-0.15, -0.1) is 0 Å². The van der Waals surface area contributed by atoms with E-state index in [1.54, 1.807) is 18.2 Å². The van der Waals surface area contributed by atoms with Gasteiger partial charge in [0.05, 0.1) is 58.8 Å². The van der Waals surface area contributed by atoms with Crippen LogP contribution in [0.2, 0.25) is 0 Å². The topological polar surface area (TPSA) is 134 Å². The second kappa shape index (κ2) is 12.4. The van der Waals surface area contributed by atoms with Crippen molar-refractivity contribution in [2.45, 2.75) is 16.7 Å². The maximum atomic E-state index is 13.7. The fourth-order valence-electron chi connectivity index (χ4n) is 4.87. The number of morpholine rings is 2. The van der Waals surface area contributed by atoms with E-state index in [0.717, 1.165) is 18.2 Å². The van der Waals surface area contributed by atoms with Gasteiger partial charge in [0.2, 0.25) is 10.0 Å². The first kappa shape index (κ1) is 29.9. The number of hydrogen-bond donors (Lipinski definition) is 2. The van der Waals surface area contributed by atoms with E-state index in [1.165, 1.54) is 35.5 Å². The van der Waals surface area contributed by atoms with Crippen molar-refractivity contribution < 1.29 is 35.5 Å². The number of sulfonamides is 2. The van der Waals surface area contributed by atoms with E-state index in [-0.39, 0.29) is 45.4 Å². The monoisotopic (exact) mass is 618 g/mol. The van der Waals surface area contributed by atoms with E-state index in [0.29, 0.717) is 45.2 Å². The van der Waals surface area contributed by atoms with Crippen molar-refractivity contribution in [2.24, 2.45) is 0 Å². The highest BCUT2D eigenvalue weighted by Crippen LogP contribution is 2.32. The van der Waals surface area contributed by atoms with Gasteiger partial charge in [-0.3, -0.25) is 9.52 Å². The molecule has 0 unspecified atom stereocenters. The van der Waals surface area contributed by atoms with Crippen molar-refractivity contribution in [1.29, 1.82) is 0 Å². The zero-order chi connectivity index (χ0) is 29.9. The summed E-state index contributed by atoms with van der Waals surface area (Å²) >= 11 is 0. The predicted molar refractivity (Wildman–Crippen MR) is 155 cm³/mol. The van der Waals surface area contributed by atoms with E-state index in [4.69, 9.17) is 9.47 Å². The van der Waals surface area contributed by atoms with Crippen LogP contribution in [0.15, 0.2) is 70.5 Å². The highest BCUT2D eigenvalue weighted by molar-refractivity contribution is 7.92. The minimum absolute atomic E-state index is 0.00346. The maximum absolute atomic E-state index is 13.7. The fourth-order valence-corrected chi connectivity index (χ4v) is 7.61. The first-order valence-electron chi connectivity index (χ1n) is 13.3. The van der Waals surface area contributed by atoms with Crippen LogP contribution in [0.1, 0.15) is 15.9 Å². The van der Waals surface area contributed by atoms with Crippen molar-refractivity contribution in [1.82, 2.24) is 4.31 Å². The molecule has 0 atom stereocenters. The lowest BCUT2D eigenvalue weighted by Crippen LogP contribution is -2.40. The van der Waals surface area contributed by atoms with Gasteiger partial charge >= 0.3 is 0 Å². The Bertz CT molecular complexity index is 1690. The van der Waals surface area contributed by atoms with Crippen molar-refractivity contribution in [2.75, 3.05) is 67.5 Å². The van der Waals surface area contributed by atoms with E-state index >= 15 is 0 Å². The number of anilines is 3. The summed E-state index contributed by atoms with van der Waals surface area (Å²) in [5, 5.41) is 2.81. The summed E-state index contributed by atoms with van der Waals surface area (Å²) in [5.74, 6) is -1.22. The Kier molecular flexibility index (Phi) is 8.80. The Morgan fingerprint density at radius 3 is 2.19 bits per heavy atom. The molecule has 2 heterocycles. The van der Waals surface area contributed by atoms with Gasteiger partial charge in [-0.05, 0) is 61.0 Å². The van der Waals surface area contributed by atoms with E-state index < -0.39 is 31.8 Å². The van der Waals surface area contributed by atoms with Gasteiger partial charge in [-0.1, -0.05) is 12.1 Å². The summed E-state index contributed by atoms with van der Waals surface area (Å²) in [5.41, 5.74) is 1.08. The Morgan fingerprint density at radius 1 is 0.833 bits per heavy atom. The molecule has 11 nitrogen and oxygen atoms in total. The molecule has 42 heavy (non-hydrogen) atoms. The Morgan fingerprint density at radius 2 is 1.50 bits per heavy atom. The molecule has 3 aromatic carbocycles.